The Morgan fingerprint density at radius 2 is 1.23 bits per heavy atom. The molecule has 4 aromatic rings. The molecular formula is C21H19ClF6N4S3. The van der Waals surface area contributed by atoms with Gasteiger partial charge in [-0.25, -0.2) is 19.9 Å². The van der Waals surface area contributed by atoms with Crippen LogP contribution in [0.5, 0.6) is 0 Å². The number of nitrogens with zero attached hydrogens (tertiary/aromatic N) is 4. The Balaban J connectivity index is 0.000000196. The number of fused-ring (bicyclic) bond motifs is 2. The third-order valence-corrected chi connectivity index (χ3v) is 7.38. The molecular weight excluding hydrogens is 554 g/mol. The van der Waals surface area contributed by atoms with E-state index in [4.69, 9.17) is 11.6 Å². The maximum Gasteiger partial charge on any atom is 0.389 e. The number of aromatic nitrogens is 4. The molecule has 4 heterocycles. The van der Waals surface area contributed by atoms with Crippen molar-refractivity contribution in [1.82, 2.24) is 19.9 Å². The summed E-state index contributed by atoms with van der Waals surface area (Å²) in [5.41, 5.74) is 0. The summed E-state index contributed by atoms with van der Waals surface area (Å²) >= 11 is 10.2. The van der Waals surface area contributed by atoms with Crippen molar-refractivity contribution in [2.75, 3.05) is 6.26 Å². The number of hydrogen-bond donors (Lipinski definition) is 0. The minimum absolute atomic E-state index is 0.140. The first-order valence-corrected chi connectivity index (χ1v) is 13.3. The normalized spacial score (nSPS) is 12.3. The Morgan fingerprint density at radius 1 is 0.771 bits per heavy atom. The topological polar surface area (TPSA) is 51.6 Å². The summed E-state index contributed by atoms with van der Waals surface area (Å²) in [5, 5.41) is 2.60. The Hall–Kier alpha value is -1.70. The maximum absolute atomic E-state index is 12.2. The molecule has 0 aromatic carbocycles. The Morgan fingerprint density at radius 3 is 1.71 bits per heavy atom. The quantitative estimate of drug-likeness (QED) is 0.137. The number of halogens is 7. The van der Waals surface area contributed by atoms with Gasteiger partial charge in [0.1, 0.15) is 31.5 Å². The number of aryl methyl sites for hydroxylation is 4. The van der Waals surface area contributed by atoms with E-state index in [0.717, 1.165) is 25.0 Å². The van der Waals surface area contributed by atoms with Crippen LogP contribution in [0, 0.1) is 13.8 Å². The highest BCUT2D eigenvalue weighted by atomic mass is 35.5. The van der Waals surface area contributed by atoms with Crippen LogP contribution in [-0.4, -0.2) is 38.5 Å². The van der Waals surface area contributed by atoms with Gasteiger partial charge >= 0.3 is 12.4 Å². The van der Waals surface area contributed by atoms with Crippen molar-refractivity contribution in [2.24, 2.45) is 0 Å². The predicted molar refractivity (Wildman–Crippen MR) is 130 cm³/mol. The summed E-state index contributed by atoms with van der Waals surface area (Å²) in [4.78, 5) is 19.9. The molecule has 0 amide bonds. The maximum atomic E-state index is 12.2. The van der Waals surface area contributed by atoms with Crippen LogP contribution in [0.4, 0.5) is 26.3 Å². The fourth-order valence-corrected chi connectivity index (χ4v) is 5.72. The zero-order valence-corrected chi connectivity index (χ0v) is 21.8. The molecule has 4 aromatic heterocycles. The highest BCUT2D eigenvalue weighted by Crippen LogP contribution is 2.31. The second kappa shape index (κ2) is 11.1. The first-order valence-electron chi connectivity index (χ1n) is 10.1. The second-order valence-corrected chi connectivity index (χ2v) is 11.1. The summed E-state index contributed by atoms with van der Waals surface area (Å²) in [7, 11) is 0. The van der Waals surface area contributed by atoms with Gasteiger partial charge in [-0.2, -0.15) is 26.3 Å². The van der Waals surface area contributed by atoms with Crippen LogP contribution in [0.3, 0.4) is 0 Å². The van der Waals surface area contributed by atoms with Crippen LogP contribution in [0.1, 0.15) is 34.2 Å². The summed E-state index contributed by atoms with van der Waals surface area (Å²) in [6.07, 6.45) is -8.71. The molecule has 0 spiro atoms. The van der Waals surface area contributed by atoms with Crippen molar-refractivity contribution in [3.05, 3.63) is 38.7 Å². The molecule has 0 N–H and O–H groups in total. The lowest BCUT2D eigenvalue weighted by Gasteiger charge is -2.06. The van der Waals surface area contributed by atoms with E-state index in [9.17, 15) is 26.3 Å². The molecule has 4 rings (SSSR count). The standard InChI is InChI=1S/C11H11F3N2S2.C10H8ClF3N2S/c1-6-5-7-9(17-2)15-8(16-10(7)18-6)3-4-11(12,13)14;1-5-4-6-8(11)15-7(16-9(6)17-5)2-3-10(12,13)14/h5H,3-4H2,1-2H3;4H,2-3H2,1H3. The van der Waals surface area contributed by atoms with E-state index < -0.39 is 25.2 Å². The number of hydrogen-bond acceptors (Lipinski definition) is 7. The van der Waals surface area contributed by atoms with Crippen LogP contribution in [0.25, 0.3) is 20.4 Å². The number of thioether (sulfide) groups is 1. The van der Waals surface area contributed by atoms with Crippen LogP contribution >= 0.6 is 46.0 Å². The fourth-order valence-electron chi connectivity index (χ4n) is 2.99. The van der Waals surface area contributed by atoms with Crippen molar-refractivity contribution in [3.8, 4) is 0 Å². The second-order valence-electron chi connectivity index (χ2n) is 7.46. The molecule has 0 saturated carbocycles. The first kappa shape index (κ1) is 27.9. The average molecular weight is 573 g/mol. The van der Waals surface area contributed by atoms with Crippen LogP contribution in [-0.2, 0) is 12.8 Å². The van der Waals surface area contributed by atoms with Crippen molar-refractivity contribution in [3.63, 3.8) is 0 Å². The molecule has 35 heavy (non-hydrogen) atoms. The molecule has 0 aliphatic carbocycles. The molecule has 0 atom stereocenters. The van der Waals surface area contributed by atoms with E-state index in [1.54, 1.807) is 0 Å². The summed E-state index contributed by atoms with van der Waals surface area (Å²) in [5.74, 6) is 0.410. The van der Waals surface area contributed by atoms with Gasteiger partial charge in [-0.05, 0) is 32.2 Å². The van der Waals surface area contributed by atoms with E-state index in [1.165, 1.54) is 34.4 Å². The third-order valence-electron chi connectivity index (χ3n) is 4.50. The summed E-state index contributed by atoms with van der Waals surface area (Å²) < 4.78 is 72.8. The monoisotopic (exact) mass is 572 g/mol. The number of thiophene rings is 2. The molecule has 0 radical (unpaired) electrons. The average Bonchev–Trinajstić information content (AvgIpc) is 3.30. The first-order chi connectivity index (χ1) is 16.2. The summed E-state index contributed by atoms with van der Waals surface area (Å²) in [6, 6.07) is 3.80. The van der Waals surface area contributed by atoms with Crippen molar-refractivity contribution in [2.45, 2.75) is 56.9 Å². The predicted octanol–water partition coefficient (Wildman–Crippen LogP) is 8.36. The third kappa shape index (κ3) is 8.16. The minimum Gasteiger partial charge on any atom is -0.226 e. The van der Waals surface area contributed by atoms with Crippen LogP contribution in [0.2, 0.25) is 5.15 Å². The molecule has 0 aliphatic heterocycles. The highest BCUT2D eigenvalue weighted by Gasteiger charge is 2.28. The van der Waals surface area contributed by atoms with Crippen molar-refractivity contribution >= 4 is 66.5 Å². The van der Waals surface area contributed by atoms with Gasteiger partial charge in [-0.15, -0.1) is 34.4 Å². The van der Waals surface area contributed by atoms with Gasteiger partial charge in [0.2, 0.25) is 0 Å². The number of rotatable bonds is 5. The van der Waals surface area contributed by atoms with Gasteiger partial charge in [0.25, 0.3) is 0 Å². The van der Waals surface area contributed by atoms with Gasteiger partial charge in [0.15, 0.2) is 0 Å². The Kier molecular flexibility index (Phi) is 8.87. The smallest absolute Gasteiger partial charge is 0.226 e. The SMILES string of the molecule is CSc1nc(CCC(F)(F)F)nc2sc(C)cc12.Cc1cc2c(Cl)nc(CCC(F)(F)F)nc2s1. The minimum atomic E-state index is -4.20. The molecule has 0 saturated heterocycles. The Labute approximate surface area is 214 Å². The molecule has 14 heteroatoms. The van der Waals surface area contributed by atoms with Gasteiger partial charge in [0.05, 0.1) is 12.8 Å². The van der Waals surface area contributed by atoms with E-state index in [1.807, 2.05) is 32.2 Å². The molecule has 0 aliphatic rings. The zero-order chi connectivity index (χ0) is 26.0. The molecule has 4 nitrogen and oxygen atoms in total. The zero-order valence-electron chi connectivity index (χ0n) is 18.6. The van der Waals surface area contributed by atoms with Crippen molar-refractivity contribution in [1.29, 1.82) is 0 Å². The van der Waals surface area contributed by atoms with Crippen LogP contribution in [0.15, 0.2) is 17.2 Å². The fraction of sp³-hybridized carbons (Fsp3) is 0.429. The van der Waals surface area contributed by atoms with Gasteiger partial charge in [0, 0.05) is 33.4 Å². The van der Waals surface area contributed by atoms with Gasteiger partial charge < -0.3 is 0 Å². The van der Waals surface area contributed by atoms with E-state index in [0.29, 0.717) is 10.2 Å². The molecule has 0 unspecified atom stereocenters. The number of alkyl halides is 6. The van der Waals surface area contributed by atoms with Gasteiger partial charge in [-0.1, -0.05) is 11.6 Å². The Bertz CT molecular complexity index is 1320. The summed E-state index contributed by atoms with van der Waals surface area (Å²) in [6.45, 7) is 3.84. The molecule has 0 bridgehead atoms. The highest BCUT2D eigenvalue weighted by molar-refractivity contribution is 7.98. The van der Waals surface area contributed by atoms with Gasteiger partial charge in [-0.3, -0.25) is 0 Å². The lowest BCUT2D eigenvalue weighted by atomic mass is 10.3. The van der Waals surface area contributed by atoms with E-state index in [2.05, 4.69) is 19.9 Å². The van der Waals surface area contributed by atoms with E-state index >= 15 is 0 Å². The van der Waals surface area contributed by atoms with E-state index in [-0.39, 0.29) is 29.6 Å². The lowest BCUT2D eigenvalue weighted by Crippen LogP contribution is -2.10. The largest absolute Gasteiger partial charge is 0.389 e. The molecule has 0 fully saturated rings. The lowest BCUT2D eigenvalue weighted by molar-refractivity contribution is -0.135. The van der Waals surface area contributed by atoms with Crippen LogP contribution < -0.4 is 0 Å². The van der Waals surface area contributed by atoms with Crippen molar-refractivity contribution < 1.29 is 26.3 Å². The molecule has 190 valence electrons.